The number of hydrogen-bond donors (Lipinski definition) is 1. The van der Waals surface area contributed by atoms with E-state index in [1.54, 1.807) is 12.1 Å². The summed E-state index contributed by atoms with van der Waals surface area (Å²) >= 11 is 3.73. The van der Waals surface area contributed by atoms with Crippen molar-refractivity contribution >= 4 is 41.1 Å². The van der Waals surface area contributed by atoms with Crippen LogP contribution in [0.5, 0.6) is 0 Å². The average Bonchev–Trinajstić information content (AvgIpc) is 3.18. The Hall–Kier alpha value is -2.06. The van der Waals surface area contributed by atoms with E-state index in [0.29, 0.717) is 16.2 Å². The van der Waals surface area contributed by atoms with Crippen LogP contribution in [0, 0.1) is 11.6 Å². The first-order valence-corrected chi connectivity index (χ1v) is 10.3. The van der Waals surface area contributed by atoms with Crippen molar-refractivity contribution in [3.8, 4) is 0 Å². The van der Waals surface area contributed by atoms with Crippen LogP contribution < -0.4 is 5.32 Å². The van der Waals surface area contributed by atoms with Gasteiger partial charge in [-0.3, -0.25) is 4.79 Å². The fourth-order valence-electron chi connectivity index (χ4n) is 2.43. The van der Waals surface area contributed by atoms with Gasteiger partial charge in [-0.1, -0.05) is 12.1 Å². The van der Waals surface area contributed by atoms with Gasteiger partial charge in [0.1, 0.15) is 11.6 Å². The van der Waals surface area contributed by atoms with Crippen LogP contribution in [0.15, 0.2) is 42.5 Å². The molecule has 1 heterocycles. The number of hydrogen-bond acceptors (Lipinski definition) is 5. The van der Waals surface area contributed by atoms with Crippen LogP contribution in [0.2, 0.25) is 0 Å². The first-order valence-electron chi connectivity index (χ1n) is 8.24. The Morgan fingerprint density at radius 2 is 1.78 bits per heavy atom. The Kier molecular flexibility index (Phi) is 6.38. The van der Waals surface area contributed by atoms with Gasteiger partial charge in [-0.2, -0.15) is 0 Å². The maximum absolute atomic E-state index is 13.6. The van der Waals surface area contributed by atoms with Crippen molar-refractivity contribution in [2.24, 2.45) is 0 Å². The minimum Gasteiger partial charge on any atom is -0.449 e. The summed E-state index contributed by atoms with van der Waals surface area (Å²) in [5, 5.41) is 2.28. The van der Waals surface area contributed by atoms with Crippen molar-refractivity contribution in [1.29, 1.82) is 0 Å². The van der Waals surface area contributed by atoms with Crippen molar-refractivity contribution in [2.75, 3.05) is 16.8 Å². The average molecular weight is 409 g/mol. The fraction of sp³-hybridized carbons (Fsp3) is 0.263. The van der Waals surface area contributed by atoms with Gasteiger partial charge in [-0.15, -0.1) is 23.5 Å². The van der Waals surface area contributed by atoms with Crippen molar-refractivity contribution in [1.82, 2.24) is 0 Å². The Bertz CT molecular complexity index is 839. The Balaban J connectivity index is 1.58. The van der Waals surface area contributed by atoms with Gasteiger partial charge in [-0.25, -0.2) is 13.6 Å². The summed E-state index contributed by atoms with van der Waals surface area (Å²) in [5.41, 5.74) is 1.29. The van der Waals surface area contributed by atoms with Crippen LogP contribution >= 0.6 is 23.5 Å². The second-order valence-electron chi connectivity index (χ2n) is 5.86. The lowest BCUT2D eigenvalue weighted by Gasteiger charge is -2.14. The van der Waals surface area contributed by atoms with E-state index in [0.717, 1.165) is 29.2 Å². The number of carbonyl (C=O) groups is 2. The number of rotatable bonds is 5. The predicted molar refractivity (Wildman–Crippen MR) is 104 cm³/mol. The van der Waals surface area contributed by atoms with E-state index in [1.807, 2.05) is 35.7 Å². The van der Waals surface area contributed by atoms with E-state index in [2.05, 4.69) is 5.32 Å². The van der Waals surface area contributed by atoms with Crippen molar-refractivity contribution in [3.05, 3.63) is 65.2 Å². The van der Waals surface area contributed by atoms with Crippen molar-refractivity contribution in [2.45, 2.75) is 17.6 Å². The number of halogens is 2. The molecule has 0 bridgehead atoms. The number of ether oxygens (including phenoxy) is 1. The van der Waals surface area contributed by atoms with Crippen LogP contribution in [0.1, 0.15) is 27.4 Å². The van der Waals surface area contributed by atoms with E-state index < -0.39 is 29.6 Å². The molecule has 4 nitrogen and oxygen atoms in total. The first-order chi connectivity index (χ1) is 12.9. The molecule has 1 aliphatic heterocycles. The van der Waals surface area contributed by atoms with Crippen molar-refractivity contribution in [3.63, 3.8) is 0 Å². The number of thioether (sulfide) groups is 2. The summed E-state index contributed by atoms with van der Waals surface area (Å²) in [6, 6.07) is 9.89. The van der Waals surface area contributed by atoms with Crippen molar-refractivity contribution < 1.29 is 23.1 Å². The van der Waals surface area contributed by atoms with E-state index in [-0.39, 0.29) is 5.69 Å². The molecule has 0 aliphatic carbocycles. The largest absolute Gasteiger partial charge is 0.449 e. The van der Waals surface area contributed by atoms with Crippen LogP contribution in [0.25, 0.3) is 0 Å². The molecule has 2 aromatic carbocycles. The number of carbonyl (C=O) groups excluding carboxylic acids is 2. The molecule has 3 rings (SSSR count). The molecule has 1 amide bonds. The molecule has 1 N–H and O–H groups in total. The Morgan fingerprint density at radius 1 is 1.11 bits per heavy atom. The topological polar surface area (TPSA) is 55.4 Å². The van der Waals surface area contributed by atoms with E-state index in [9.17, 15) is 18.4 Å². The summed E-state index contributed by atoms with van der Waals surface area (Å²) in [7, 11) is 0. The highest BCUT2D eigenvalue weighted by molar-refractivity contribution is 8.19. The van der Waals surface area contributed by atoms with Gasteiger partial charge in [0, 0.05) is 17.6 Å². The molecule has 1 atom stereocenters. The molecule has 8 heteroatoms. The zero-order chi connectivity index (χ0) is 19.4. The summed E-state index contributed by atoms with van der Waals surface area (Å²) in [6.45, 7) is 1.38. The number of esters is 1. The number of benzene rings is 2. The molecule has 0 radical (unpaired) electrons. The van der Waals surface area contributed by atoms with Gasteiger partial charge >= 0.3 is 5.97 Å². The monoisotopic (exact) mass is 409 g/mol. The lowest BCUT2D eigenvalue weighted by atomic mass is 10.1. The highest BCUT2D eigenvalue weighted by atomic mass is 32.2. The Labute approximate surface area is 164 Å². The van der Waals surface area contributed by atoms with Crippen LogP contribution in [0.3, 0.4) is 0 Å². The van der Waals surface area contributed by atoms with Gasteiger partial charge in [0.2, 0.25) is 0 Å². The molecule has 1 aliphatic rings. The molecule has 0 spiro atoms. The maximum atomic E-state index is 13.6. The SMILES string of the molecule is C[C@H](OC(=O)c1ccc(C2SCCS2)cc1)C(=O)Nc1ccc(F)cc1F. The highest BCUT2D eigenvalue weighted by Gasteiger charge is 2.22. The summed E-state index contributed by atoms with van der Waals surface area (Å²) in [4.78, 5) is 24.3. The van der Waals surface area contributed by atoms with E-state index >= 15 is 0 Å². The standard InChI is InChI=1S/C19H17F2NO3S2/c1-11(17(23)22-16-7-6-14(20)10-15(16)21)25-18(24)12-2-4-13(5-3-12)19-26-8-9-27-19/h2-7,10-11,19H,8-9H2,1H3,(H,22,23)/t11-/m0/s1. The third-order valence-electron chi connectivity index (χ3n) is 3.88. The highest BCUT2D eigenvalue weighted by Crippen LogP contribution is 2.45. The molecule has 1 fully saturated rings. The molecule has 142 valence electrons. The lowest BCUT2D eigenvalue weighted by molar-refractivity contribution is -0.123. The van der Waals surface area contributed by atoms with Gasteiger partial charge < -0.3 is 10.1 Å². The quantitative estimate of drug-likeness (QED) is 0.730. The number of nitrogens with one attached hydrogen (secondary N) is 1. The van der Waals surface area contributed by atoms with Crippen LogP contribution in [-0.4, -0.2) is 29.5 Å². The number of anilines is 1. The molecule has 0 unspecified atom stereocenters. The third-order valence-corrected chi connectivity index (χ3v) is 6.99. The molecule has 0 aromatic heterocycles. The normalized spacial score (nSPS) is 15.4. The van der Waals surface area contributed by atoms with Gasteiger partial charge in [0.25, 0.3) is 5.91 Å². The maximum Gasteiger partial charge on any atom is 0.338 e. The molecule has 0 saturated carbocycles. The zero-order valence-electron chi connectivity index (χ0n) is 14.4. The molecule has 2 aromatic rings. The summed E-state index contributed by atoms with van der Waals surface area (Å²) in [5.74, 6) is -0.774. The van der Waals surface area contributed by atoms with Gasteiger partial charge in [0.05, 0.1) is 15.8 Å². The van der Waals surface area contributed by atoms with Gasteiger partial charge in [0.15, 0.2) is 6.10 Å². The van der Waals surface area contributed by atoms with E-state index in [4.69, 9.17) is 4.74 Å². The minimum atomic E-state index is -1.14. The predicted octanol–water partition coefficient (Wildman–Crippen LogP) is 4.63. The summed E-state index contributed by atoms with van der Waals surface area (Å²) in [6.07, 6.45) is -1.14. The molecule has 27 heavy (non-hydrogen) atoms. The smallest absolute Gasteiger partial charge is 0.338 e. The Morgan fingerprint density at radius 3 is 2.41 bits per heavy atom. The molecular formula is C19H17F2NO3S2. The van der Waals surface area contributed by atoms with Gasteiger partial charge in [-0.05, 0) is 36.8 Å². The first kappa shape index (κ1) is 19.7. The van der Waals surface area contributed by atoms with Crippen LogP contribution in [-0.2, 0) is 9.53 Å². The second kappa shape index (κ2) is 8.75. The summed E-state index contributed by atoms with van der Waals surface area (Å²) < 4.78 is 32.0. The van der Waals surface area contributed by atoms with Crippen LogP contribution in [0.4, 0.5) is 14.5 Å². The second-order valence-corrected chi connectivity index (χ2v) is 8.58. The number of amides is 1. The minimum absolute atomic E-state index is 0.180. The fourth-order valence-corrected chi connectivity index (χ4v) is 5.29. The third kappa shape index (κ3) is 5.01. The molecule has 1 saturated heterocycles. The molecular weight excluding hydrogens is 392 g/mol. The lowest BCUT2D eigenvalue weighted by Crippen LogP contribution is -2.30. The zero-order valence-corrected chi connectivity index (χ0v) is 16.0. The van der Waals surface area contributed by atoms with E-state index in [1.165, 1.54) is 6.92 Å².